The zero-order valence-corrected chi connectivity index (χ0v) is 14.9. The Kier molecular flexibility index (Phi) is 4.33. The van der Waals surface area contributed by atoms with Gasteiger partial charge in [-0.25, -0.2) is 4.98 Å². The number of fused-ring (bicyclic) bond motifs is 1. The summed E-state index contributed by atoms with van der Waals surface area (Å²) in [5, 5.41) is 14.7. The summed E-state index contributed by atoms with van der Waals surface area (Å²) < 4.78 is 5.40. The summed E-state index contributed by atoms with van der Waals surface area (Å²) in [5.74, 6) is 0.0690. The van der Waals surface area contributed by atoms with Crippen LogP contribution in [0.5, 0.6) is 0 Å². The van der Waals surface area contributed by atoms with Gasteiger partial charge in [-0.05, 0) is 42.8 Å². The van der Waals surface area contributed by atoms with Crippen molar-refractivity contribution in [2.45, 2.75) is 6.92 Å². The fraction of sp³-hybridized carbons (Fsp3) is 0.0476. The van der Waals surface area contributed by atoms with Gasteiger partial charge in [0.2, 0.25) is 0 Å². The minimum atomic E-state index is -0.512. The first-order valence-electron chi connectivity index (χ1n) is 8.53. The van der Waals surface area contributed by atoms with Crippen molar-refractivity contribution in [2.75, 3.05) is 5.32 Å². The van der Waals surface area contributed by atoms with E-state index in [0.29, 0.717) is 27.9 Å². The number of amides is 1. The van der Waals surface area contributed by atoms with E-state index in [1.165, 1.54) is 18.4 Å². The van der Waals surface area contributed by atoms with E-state index in [-0.39, 0.29) is 11.4 Å². The number of furan rings is 1. The summed E-state index contributed by atoms with van der Waals surface area (Å²) in [6.45, 7) is 1.75. The smallest absolute Gasteiger partial charge is 0.293 e. The maximum Gasteiger partial charge on any atom is 0.293 e. The normalized spacial score (nSPS) is 10.8. The van der Waals surface area contributed by atoms with Crippen molar-refractivity contribution in [3.8, 4) is 11.5 Å². The van der Waals surface area contributed by atoms with Crippen LogP contribution < -0.4 is 5.32 Å². The van der Waals surface area contributed by atoms with E-state index >= 15 is 0 Å². The predicted octanol–water partition coefficient (Wildman–Crippen LogP) is 4.96. The number of hydrogen-bond acceptors (Lipinski definition) is 5. The molecule has 7 nitrogen and oxygen atoms in total. The maximum atomic E-state index is 13.0. The fourth-order valence-corrected chi connectivity index (χ4v) is 3.00. The number of benzene rings is 2. The van der Waals surface area contributed by atoms with Gasteiger partial charge in [0.1, 0.15) is 11.4 Å². The summed E-state index contributed by atoms with van der Waals surface area (Å²) in [7, 11) is 0. The topological polar surface area (TPSA) is 98.3 Å². The monoisotopic (exact) mass is 373 g/mol. The molecule has 0 radical (unpaired) electrons. The van der Waals surface area contributed by atoms with E-state index in [1.54, 1.807) is 43.3 Å². The van der Waals surface area contributed by atoms with Crippen LogP contribution in [0.15, 0.2) is 71.3 Å². The van der Waals surface area contributed by atoms with E-state index in [2.05, 4.69) is 10.3 Å². The van der Waals surface area contributed by atoms with E-state index in [4.69, 9.17) is 4.42 Å². The van der Waals surface area contributed by atoms with Crippen LogP contribution in [0.1, 0.15) is 15.9 Å². The number of hydrogen-bond donors (Lipinski definition) is 1. The number of aryl methyl sites for hydroxylation is 1. The Labute approximate surface area is 159 Å². The third-order valence-electron chi connectivity index (χ3n) is 4.33. The highest BCUT2D eigenvalue weighted by Gasteiger charge is 2.19. The van der Waals surface area contributed by atoms with Gasteiger partial charge in [-0.1, -0.05) is 24.3 Å². The van der Waals surface area contributed by atoms with Crippen molar-refractivity contribution in [3.05, 3.63) is 88.2 Å². The third-order valence-corrected chi connectivity index (χ3v) is 4.33. The standard InChI is InChI=1S/C21H15N3O4/c1-13-8-9-17(19(11-13)24(26)27)23-21(25)15-12-18(20-7-4-10-28-20)22-16-6-3-2-5-14(15)16/h2-12H,1H3,(H,23,25). The van der Waals surface area contributed by atoms with Crippen LogP contribution in [-0.2, 0) is 0 Å². The van der Waals surface area contributed by atoms with Crippen molar-refractivity contribution >= 4 is 28.2 Å². The molecule has 0 saturated carbocycles. The number of aromatic nitrogens is 1. The van der Waals surface area contributed by atoms with Crippen LogP contribution >= 0.6 is 0 Å². The highest BCUT2D eigenvalue weighted by Crippen LogP contribution is 2.29. The second-order valence-electron chi connectivity index (χ2n) is 6.28. The number of anilines is 1. The molecule has 138 valence electrons. The molecule has 7 heteroatoms. The lowest BCUT2D eigenvalue weighted by atomic mass is 10.1. The van der Waals surface area contributed by atoms with E-state index in [0.717, 1.165) is 5.56 Å². The first-order valence-corrected chi connectivity index (χ1v) is 8.53. The number of nitro groups is 1. The average Bonchev–Trinajstić information content (AvgIpc) is 3.23. The molecule has 2 heterocycles. The summed E-state index contributed by atoms with van der Waals surface area (Å²) in [5.41, 5.74) is 2.21. The van der Waals surface area contributed by atoms with Crippen molar-refractivity contribution in [2.24, 2.45) is 0 Å². The Morgan fingerprint density at radius 1 is 1.11 bits per heavy atom. The predicted molar refractivity (Wildman–Crippen MR) is 105 cm³/mol. The van der Waals surface area contributed by atoms with E-state index in [1.807, 2.05) is 12.1 Å². The number of carbonyl (C=O) groups excluding carboxylic acids is 1. The molecule has 0 aliphatic heterocycles. The van der Waals surface area contributed by atoms with Crippen molar-refractivity contribution in [3.63, 3.8) is 0 Å². The van der Waals surface area contributed by atoms with Gasteiger partial charge in [0.05, 0.1) is 22.3 Å². The lowest BCUT2D eigenvalue weighted by Crippen LogP contribution is -2.14. The summed E-state index contributed by atoms with van der Waals surface area (Å²) in [4.78, 5) is 28.4. The first-order chi connectivity index (χ1) is 13.5. The van der Waals surface area contributed by atoms with E-state index in [9.17, 15) is 14.9 Å². The number of nitro benzene ring substituents is 1. The summed E-state index contributed by atoms with van der Waals surface area (Å²) in [6.07, 6.45) is 1.53. The number of rotatable bonds is 4. The SMILES string of the molecule is Cc1ccc(NC(=O)c2cc(-c3ccco3)nc3ccccc23)c([N+](=O)[O-])c1. The molecule has 0 aliphatic carbocycles. The minimum Gasteiger partial charge on any atom is -0.463 e. The molecule has 0 saturated heterocycles. The fourth-order valence-electron chi connectivity index (χ4n) is 3.00. The van der Waals surface area contributed by atoms with Crippen molar-refractivity contribution < 1.29 is 14.1 Å². The molecule has 0 atom stereocenters. The molecule has 2 aromatic carbocycles. The van der Waals surface area contributed by atoms with Crippen LogP contribution in [0.4, 0.5) is 11.4 Å². The van der Waals surface area contributed by atoms with Crippen LogP contribution in [0.3, 0.4) is 0 Å². The van der Waals surface area contributed by atoms with Crippen LogP contribution in [0.25, 0.3) is 22.4 Å². The molecule has 0 aliphatic rings. The van der Waals surface area contributed by atoms with Gasteiger partial charge in [-0.2, -0.15) is 0 Å². The van der Waals surface area contributed by atoms with Crippen LogP contribution in [0, 0.1) is 17.0 Å². The summed E-state index contributed by atoms with van der Waals surface area (Å²) >= 11 is 0. The van der Waals surface area contributed by atoms with Crippen LogP contribution in [-0.4, -0.2) is 15.8 Å². The molecule has 4 rings (SSSR count). The molecule has 28 heavy (non-hydrogen) atoms. The maximum absolute atomic E-state index is 13.0. The minimum absolute atomic E-state index is 0.140. The van der Waals surface area contributed by atoms with Gasteiger partial charge in [0, 0.05) is 11.5 Å². The molecule has 0 unspecified atom stereocenters. The number of nitrogens with zero attached hydrogens (tertiary/aromatic N) is 2. The Hall–Kier alpha value is -4.00. The van der Waals surface area contributed by atoms with Crippen LogP contribution in [0.2, 0.25) is 0 Å². The highest BCUT2D eigenvalue weighted by atomic mass is 16.6. The van der Waals surface area contributed by atoms with Gasteiger partial charge < -0.3 is 9.73 Å². The zero-order valence-electron chi connectivity index (χ0n) is 14.9. The summed E-state index contributed by atoms with van der Waals surface area (Å²) in [6, 6.07) is 17.0. The Morgan fingerprint density at radius 3 is 2.68 bits per heavy atom. The molecule has 0 bridgehead atoms. The van der Waals surface area contributed by atoms with Crippen molar-refractivity contribution in [1.82, 2.24) is 4.98 Å². The molecular weight excluding hydrogens is 358 g/mol. The first kappa shape index (κ1) is 17.4. The molecule has 1 N–H and O–H groups in total. The largest absolute Gasteiger partial charge is 0.463 e. The molecule has 0 spiro atoms. The van der Waals surface area contributed by atoms with E-state index < -0.39 is 10.8 Å². The Balaban J connectivity index is 1.81. The van der Waals surface area contributed by atoms with Gasteiger partial charge >= 0.3 is 0 Å². The molecule has 2 aromatic heterocycles. The molecule has 1 amide bonds. The van der Waals surface area contributed by atoms with Gasteiger partial charge in [0.15, 0.2) is 5.76 Å². The lowest BCUT2D eigenvalue weighted by molar-refractivity contribution is -0.384. The highest BCUT2D eigenvalue weighted by molar-refractivity contribution is 6.13. The quantitative estimate of drug-likeness (QED) is 0.402. The number of pyridine rings is 1. The molecular formula is C21H15N3O4. The number of nitrogens with one attached hydrogen (secondary N) is 1. The number of carbonyl (C=O) groups is 1. The van der Waals surface area contributed by atoms with Gasteiger partial charge in [0.25, 0.3) is 11.6 Å². The second kappa shape index (κ2) is 6.96. The Morgan fingerprint density at radius 2 is 1.93 bits per heavy atom. The Bertz CT molecular complexity index is 1200. The third kappa shape index (κ3) is 3.21. The zero-order chi connectivity index (χ0) is 19.7. The lowest BCUT2D eigenvalue weighted by Gasteiger charge is -2.10. The van der Waals surface area contributed by atoms with Crippen molar-refractivity contribution in [1.29, 1.82) is 0 Å². The average molecular weight is 373 g/mol. The molecule has 4 aromatic rings. The number of para-hydroxylation sites is 1. The van der Waals surface area contributed by atoms with Gasteiger partial charge in [-0.3, -0.25) is 14.9 Å². The molecule has 0 fully saturated rings. The second-order valence-corrected chi connectivity index (χ2v) is 6.28. The van der Waals surface area contributed by atoms with Gasteiger partial charge in [-0.15, -0.1) is 0 Å².